The van der Waals surface area contributed by atoms with Crippen LogP contribution in [0.25, 0.3) is 0 Å². The van der Waals surface area contributed by atoms with Gasteiger partial charge in [-0.1, -0.05) is 0 Å². The van der Waals surface area contributed by atoms with Crippen LogP contribution < -0.4 is 0 Å². The van der Waals surface area contributed by atoms with Crippen LogP contribution in [0.1, 0.15) is 54.4 Å². The minimum absolute atomic E-state index is 0.310. The highest BCUT2D eigenvalue weighted by molar-refractivity contribution is 5.01. The summed E-state index contributed by atoms with van der Waals surface area (Å²) < 4.78 is 5.56. The van der Waals surface area contributed by atoms with E-state index in [4.69, 9.17) is 4.74 Å². The first-order valence-corrected chi connectivity index (χ1v) is 10.5. The van der Waals surface area contributed by atoms with Crippen LogP contribution in [0.2, 0.25) is 0 Å². The molecule has 0 aromatic carbocycles. The lowest BCUT2D eigenvalue weighted by molar-refractivity contribution is -0.0746. The number of rotatable bonds is 5. The second-order valence-corrected chi connectivity index (χ2v) is 9.91. The van der Waals surface area contributed by atoms with Crippen LogP contribution in [0.5, 0.6) is 0 Å². The summed E-state index contributed by atoms with van der Waals surface area (Å²) in [7, 11) is 0. The zero-order valence-corrected chi connectivity index (χ0v) is 17.6. The van der Waals surface area contributed by atoms with E-state index < -0.39 is 0 Å². The number of hydrogen-bond acceptors (Lipinski definition) is 4. The molecule has 146 valence electrons. The van der Waals surface area contributed by atoms with E-state index in [0.717, 1.165) is 38.1 Å². The second kappa shape index (κ2) is 7.46. The van der Waals surface area contributed by atoms with Crippen molar-refractivity contribution in [2.24, 2.45) is 11.8 Å². The highest BCUT2D eigenvalue weighted by Gasteiger charge is 2.45. The summed E-state index contributed by atoms with van der Waals surface area (Å²) >= 11 is 0. The predicted octanol–water partition coefficient (Wildman–Crippen LogP) is 2.93. The maximum absolute atomic E-state index is 5.56. The van der Waals surface area contributed by atoms with Crippen molar-refractivity contribution in [3.8, 4) is 0 Å². The van der Waals surface area contributed by atoms with Crippen LogP contribution in [-0.2, 0) is 4.74 Å². The number of likely N-dealkylation sites (tertiary alicyclic amines) is 2. The Hall–Kier alpha value is -0.160. The van der Waals surface area contributed by atoms with Gasteiger partial charge in [0, 0.05) is 49.2 Å². The van der Waals surface area contributed by atoms with Crippen LogP contribution >= 0.6 is 0 Å². The minimum Gasteiger partial charge on any atom is -0.379 e. The quantitative estimate of drug-likeness (QED) is 0.758. The molecule has 3 aliphatic heterocycles. The molecule has 3 saturated heterocycles. The topological polar surface area (TPSA) is 19.0 Å². The van der Waals surface area contributed by atoms with E-state index in [9.17, 15) is 0 Å². The second-order valence-electron chi connectivity index (χ2n) is 9.91. The number of ether oxygens (including phenoxy) is 1. The molecule has 3 rings (SSSR count). The zero-order chi connectivity index (χ0) is 18.2. The standard InChI is InChI=1S/C21H41N3O/c1-17(2)22-15-19(16-22)21(5,6)23-9-7-18(8-10-23)20(3,4)24-11-13-25-14-12-24/h17-19H,7-16H2,1-6H3. The van der Waals surface area contributed by atoms with Gasteiger partial charge in [0.1, 0.15) is 0 Å². The fourth-order valence-corrected chi connectivity index (χ4v) is 5.20. The SMILES string of the molecule is CC(C)N1CC(C(C)(C)N2CCC(C(C)(C)N3CCOCC3)CC2)C1. The molecule has 0 aromatic heterocycles. The van der Waals surface area contributed by atoms with E-state index in [-0.39, 0.29) is 0 Å². The van der Waals surface area contributed by atoms with E-state index in [1.54, 1.807) is 0 Å². The molecule has 0 atom stereocenters. The smallest absolute Gasteiger partial charge is 0.0594 e. The average Bonchev–Trinajstić information content (AvgIpc) is 2.53. The van der Waals surface area contributed by atoms with Gasteiger partial charge in [0.15, 0.2) is 0 Å². The summed E-state index contributed by atoms with van der Waals surface area (Å²) in [6.45, 7) is 23.7. The van der Waals surface area contributed by atoms with Crippen LogP contribution in [0, 0.1) is 11.8 Å². The van der Waals surface area contributed by atoms with Gasteiger partial charge in [-0.3, -0.25) is 9.80 Å². The van der Waals surface area contributed by atoms with Crippen molar-refractivity contribution in [2.45, 2.75) is 71.5 Å². The minimum atomic E-state index is 0.310. The van der Waals surface area contributed by atoms with Crippen LogP contribution in [0.4, 0.5) is 0 Å². The average molecular weight is 352 g/mol. The molecule has 3 aliphatic rings. The Kier molecular flexibility index (Phi) is 5.85. The number of nitrogens with zero attached hydrogens (tertiary/aromatic N) is 3. The molecule has 0 spiro atoms. The summed E-state index contributed by atoms with van der Waals surface area (Å²) in [6.07, 6.45) is 2.68. The van der Waals surface area contributed by atoms with Crippen LogP contribution in [0.3, 0.4) is 0 Å². The molecular weight excluding hydrogens is 310 g/mol. The molecule has 0 unspecified atom stereocenters. The largest absolute Gasteiger partial charge is 0.379 e. The van der Waals surface area contributed by atoms with Gasteiger partial charge in [-0.15, -0.1) is 0 Å². The Labute approximate surface area is 155 Å². The Morgan fingerprint density at radius 2 is 1.24 bits per heavy atom. The first-order chi connectivity index (χ1) is 11.7. The van der Waals surface area contributed by atoms with Crippen molar-refractivity contribution in [1.29, 1.82) is 0 Å². The van der Waals surface area contributed by atoms with E-state index in [0.29, 0.717) is 17.1 Å². The van der Waals surface area contributed by atoms with Gasteiger partial charge in [0.2, 0.25) is 0 Å². The van der Waals surface area contributed by atoms with Gasteiger partial charge in [-0.2, -0.15) is 0 Å². The lowest BCUT2D eigenvalue weighted by Gasteiger charge is -2.56. The summed E-state index contributed by atoms with van der Waals surface area (Å²) in [5, 5.41) is 0. The normalized spacial score (nSPS) is 27.0. The van der Waals surface area contributed by atoms with Crippen molar-refractivity contribution in [3.05, 3.63) is 0 Å². The first kappa shape index (κ1) is 19.6. The highest BCUT2D eigenvalue weighted by atomic mass is 16.5. The first-order valence-electron chi connectivity index (χ1n) is 10.5. The molecule has 3 fully saturated rings. The van der Waals surface area contributed by atoms with Crippen molar-refractivity contribution >= 4 is 0 Å². The van der Waals surface area contributed by atoms with Crippen LogP contribution in [-0.4, -0.2) is 84.3 Å². The predicted molar refractivity (Wildman–Crippen MR) is 105 cm³/mol. The van der Waals surface area contributed by atoms with E-state index in [1.165, 1.54) is 39.0 Å². The van der Waals surface area contributed by atoms with Crippen LogP contribution in [0.15, 0.2) is 0 Å². The molecule has 25 heavy (non-hydrogen) atoms. The van der Waals surface area contributed by atoms with Gasteiger partial charge < -0.3 is 9.64 Å². The van der Waals surface area contributed by atoms with Gasteiger partial charge in [-0.05, 0) is 73.4 Å². The molecule has 0 amide bonds. The fourth-order valence-electron chi connectivity index (χ4n) is 5.20. The van der Waals surface area contributed by atoms with E-state index in [2.05, 4.69) is 56.2 Å². The molecule has 4 heteroatoms. The molecule has 0 radical (unpaired) electrons. The third kappa shape index (κ3) is 3.92. The summed E-state index contributed by atoms with van der Waals surface area (Å²) in [5.74, 6) is 1.64. The maximum Gasteiger partial charge on any atom is 0.0594 e. The van der Waals surface area contributed by atoms with Gasteiger partial charge in [0.25, 0.3) is 0 Å². The highest BCUT2D eigenvalue weighted by Crippen LogP contribution is 2.39. The van der Waals surface area contributed by atoms with Crippen molar-refractivity contribution in [3.63, 3.8) is 0 Å². The summed E-state index contributed by atoms with van der Waals surface area (Å²) in [4.78, 5) is 8.08. The third-order valence-electron chi connectivity index (χ3n) is 7.77. The monoisotopic (exact) mass is 351 g/mol. The van der Waals surface area contributed by atoms with Crippen molar-refractivity contribution < 1.29 is 4.74 Å². The van der Waals surface area contributed by atoms with Crippen molar-refractivity contribution in [1.82, 2.24) is 14.7 Å². The van der Waals surface area contributed by atoms with E-state index in [1.807, 2.05) is 0 Å². The molecule has 0 N–H and O–H groups in total. The molecule has 0 bridgehead atoms. The Bertz CT molecular complexity index is 428. The Balaban J connectivity index is 1.52. The molecule has 0 saturated carbocycles. The summed E-state index contributed by atoms with van der Waals surface area (Å²) in [6, 6.07) is 0.701. The van der Waals surface area contributed by atoms with E-state index >= 15 is 0 Å². The lowest BCUT2D eigenvalue weighted by atomic mass is 9.75. The zero-order valence-electron chi connectivity index (χ0n) is 17.6. The molecular formula is C21H41N3O. The number of piperidine rings is 1. The number of morpholine rings is 1. The Morgan fingerprint density at radius 1 is 0.760 bits per heavy atom. The molecule has 0 aromatic rings. The summed E-state index contributed by atoms with van der Waals surface area (Å²) in [5.41, 5.74) is 0.657. The molecule has 4 nitrogen and oxygen atoms in total. The lowest BCUT2D eigenvalue weighted by Crippen LogP contribution is -2.65. The van der Waals surface area contributed by atoms with Crippen molar-refractivity contribution in [2.75, 3.05) is 52.5 Å². The number of hydrogen-bond donors (Lipinski definition) is 0. The van der Waals surface area contributed by atoms with Gasteiger partial charge in [-0.25, -0.2) is 0 Å². The maximum atomic E-state index is 5.56. The fraction of sp³-hybridized carbons (Fsp3) is 1.00. The third-order valence-corrected chi connectivity index (χ3v) is 7.77. The van der Waals surface area contributed by atoms with Gasteiger partial charge >= 0.3 is 0 Å². The molecule has 0 aliphatic carbocycles. The Morgan fingerprint density at radius 3 is 1.76 bits per heavy atom. The molecule has 3 heterocycles. The van der Waals surface area contributed by atoms with Gasteiger partial charge in [0.05, 0.1) is 13.2 Å².